The Balaban J connectivity index is 2.01. The standard InChI is InChI=1S/C11H19NO2/c1-12(8-6-7-8)10-5-3-2-4-9(10)11(13)14/h8-10H,2-7H2,1H3,(H,13,14). The van der Waals surface area contributed by atoms with Crippen LogP contribution in [0.5, 0.6) is 0 Å². The first kappa shape index (κ1) is 9.97. The zero-order valence-corrected chi connectivity index (χ0v) is 8.78. The molecule has 2 saturated carbocycles. The molecule has 0 heterocycles. The van der Waals surface area contributed by atoms with Crippen LogP contribution < -0.4 is 0 Å². The van der Waals surface area contributed by atoms with Gasteiger partial charge in [-0.2, -0.15) is 0 Å². The van der Waals surface area contributed by atoms with Crippen LogP contribution in [-0.2, 0) is 4.79 Å². The van der Waals surface area contributed by atoms with Crippen LogP contribution in [0.2, 0.25) is 0 Å². The number of carboxylic acid groups (broad SMARTS) is 1. The Labute approximate surface area is 85.1 Å². The molecule has 2 rings (SSSR count). The van der Waals surface area contributed by atoms with E-state index in [0.717, 1.165) is 19.3 Å². The van der Waals surface area contributed by atoms with Gasteiger partial charge in [-0.15, -0.1) is 0 Å². The SMILES string of the molecule is CN(C1CC1)C1CCCCC1C(=O)O. The number of aliphatic carboxylic acids is 1. The van der Waals surface area contributed by atoms with Gasteiger partial charge in [0.1, 0.15) is 0 Å². The summed E-state index contributed by atoms with van der Waals surface area (Å²) in [7, 11) is 2.10. The maximum Gasteiger partial charge on any atom is 0.308 e. The lowest BCUT2D eigenvalue weighted by atomic mass is 9.83. The van der Waals surface area contributed by atoms with Crippen LogP contribution in [0.15, 0.2) is 0 Å². The predicted molar refractivity (Wildman–Crippen MR) is 54.2 cm³/mol. The molecule has 0 aromatic carbocycles. The zero-order chi connectivity index (χ0) is 10.1. The van der Waals surface area contributed by atoms with Gasteiger partial charge in [-0.25, -0.2) is 0 Å². The van der Waals surface area contributed by atoms with Crippen molar-refractivity contribution >= 4 is 5.97 Å². The first-order valence-corrected chi connectivity index (χ1v) is 5.65. The Kier molecular flexibility index (Phi) is 2.77. The number of hydrogen-bond donors (Lipinski definition) is 1. The van der Waals surface area contributed by atoms with Crippen molar-refractivity contribution < 1.29 is 9.90 Å². The summed E-state index contributed by atoms with van der Waals surface area (Å²) < 4.78 is 0. The molecule has 2 aliphatic carbocycles. The topological polar surface area (TPSA) is 40.5 Å². The van der Waals surface area contributed by atoms with Crippen LogP contribution in [-0.4, -0.2) is 35.1 Å². The molecule has 0 aliphatic heterocycles. The number of carboxylic acids is 1. The Hall–Kier alpha value is -0.570. The van der Waals surface area contributed by atoms with E-state index in [0.29, 0.717) is 12.1 Å². The van der Waals surface area contributed by atoms with E-state index in [1.807, 2.05) is 0 Å². The molecule has 2 atom stereocenters. The second-order valence-electron chi connectivity index (χ2n) is 4.69. The molecule has 0 amide bonds. The summed E-state index contributed by atoms with van der Waals surface area (Å²) in [6.07, 6.45) is 6.76. The highest BCUT2D eigenvalue weighted by Gasteiger charge is 2.38. The second-order valence-corrected chi connectivity index (χ2v) is 4.69. The highest BCUT2D eigenvalue weighted by atomic mass is 16.4. The molecule has 14 heavy (non-hydrogen) atoms. The first-order valence-electron chi connectivity index (χ1n) is 5.65. The minimum atomic E-state index is -0.595. The largest absolute Gasteiger partial charge is 0.481 e. The van der Waals surface area contributed by atoms with E-state index in [2.05, 4.69) is 11.9 Å². The van der Waals surface area contributed by atoms with Crippen molar-refractivity contribution in [3.63, 3.8) is 0 Å². The summed E-state index contributed by atoms with van der Waals surface area (Å²) in [5.74, 6) is -0.712. The third-order valence-electron chi connectivity index (χ3n) is 3.69. The van der Waals surface area contributed by atoms with Crippen molar-refractivity contribution in [3.8, 4) is 0 Å². The normalized spacial score (nSPS) is 33.3. The molecule has 0 aromatic heterocycles. The fourth-order valence-electron chi connectivity index (χ4n) is 2.64. The summed E-state index contributed by atoms with van der Waals surface area (Å²) in [5, 5.41) is 9.13. The monoisotopic (exact) mass is 197 g/mol. The van der Waals surface area contributed by atoms with E-state index in [-0.39, 0.29) is 5.92 Å². The fraction of sp³-hybridized carbons (Fsp3) is 0.909. The van der Waals surface area contributed by atoms with E-state index < -0.39 is 5.97 Å². The van der Waals surface area contributed by atoms with E-state index in [4.69, 9.17) is 5.11 Å². The lowest BCUT2D eigenvalue weighted by Gasteiger charge is -2.35. The molecular formula is C11H19NO2. The van der Waals surface area contributed by atoms with Crippen LogP contribution in [0, 0.1) is 5.92 Å². The average Bonchev–Trinajstić information content (AvgIpc) is 3.00. The Morgan fingerprint density at radius 2 is 1.86 bits per heavy atom. The summed E-state index contributed by atoms with van der Waals surface area (Å²) in [6, 6.07) is 0.980. The third kappa shape index (κ3) is 1.92. The Morgan fingerprint density at radius 3 is 2.43 bits per heavy atom. The first-order chi connectivity index (χ1) is 6.70. The van der Waals surface area contributed by atoms with Crippen LogP contribution in [0.1, 0.15) is 38.5 Å². The molecule has 3 nitrogen and oxygen atoms in total. The summed E-state index contributed by atoms with van der Waals surface area (Å²) in [4.78, 5) is 13.4. The van der Waals surface area contributed by atoms with Gasteiger partial charge >= 0.3 is 5.97 Å². The van der Waals surface area contributed by atoms with Gasteiger partial charge in [0.15, 0.2) is 0 Å². The van der Waals surface area contributed by atoms with E-state index in [1.54, 1.807) is 0 Å². The van der Waals surface area contributed by atoms with Crippen molar-refractivity contribution in [2.24, 2.45) is 5.92 Å². The minimum Gasteiger partial charge on any atom is -0.481 e. The molecule has 2 fully saturated rings. The third-order valence-corrected chi connectivity index (χ3v) is 3.69. The van der Waals surface area contributed by atoms with Crippen molar-refractivity contribution in [3.05, 3.63) is 0 Å². The van der Waals surface area contributed by atoms with Crippen LogP contribution >= 0.6 is 0 Å². The summed E-state index contributed by atoms with van der Waals surface area (Å²) in [5.41, 5.74) is 0. The molecule has 0 bridgehead atoms. The van der Waals surface area contributed by atoms with Gasteiger partial charge in [0.25, 0.3) is 0 Å². The van der Waals surface area contributed by atoms with Gasteiger partial charge in [0.05, 0.1) is 5.92 Å². The number of hydrogen-bond acceptors (Lipinski definition) is 2. The van der Waals surface area contributed by atoms with Crippen molar-refractivity contribution in [2.75, 3.05) is 7.05 Å². The van der Waals surface area contributed by atoms with Gasteiger partial charge in [0.2, 0.25) is 0 Å². The van der Waals surface area contributed by atoms with E-state index >= 15 is 0 Å². The maximum absolute atomic E-state index is 11.1. The van der Waals surface area contributed by atoms with Crippen LogP contribution in [0.25, 0.3) is 0 Å². The predicted octanol–water partition coefficient (Wildman–Crippen LogP) is 1.72. The summed E-state index contributed by atoms with van der Waals surface area (Å²) in [6.45, 7) is 0. The van der Waals surface area contributed by atoms with Crippen molar-refractivity contribution in [1.29, 1.82) is 0 Å². The van der Waals surface area contributed by atoms with E-state index in [9.17, 15) is 4.79 Å². The lowest BCUT2D eigenvalue weighted by molar-refractivity contribution is -0.145. The number of rotatable bonds is 3. The fourth-order valence-corrected chi connectivity index (χ4v) is 2.64. The number of nitrogens with zero attached hydrogens (tertiary/aromatic N) is 1. The smallest absolute Gasteiger partial charge is 0.308 e. The van der Waals surface area contributed by atoms with Gasteiger partial charge in [-0.05, 0) is 32.7 Å². The molecule has 1 N–H and O–H groups in total. The molecule has 0 radical (unpaired) electrons. The minimum absolute atomic E-state index is 0.116. The molecule has 0 spiro atoms. The quantitative estimate of drug-likeness (QED) is 0.749. The Morgan fingerprint density at radius 1 is 1.21 bits per heavy atom. The van der Waals surface area contributed by atoms with Gasteiger partial charge in [0, 0.05) is 12.1 Å². The second kappa shape index (κ2) is 3.89. The highest BCUT2D eigenvalue weighted by Crippen LogP contribution is 2.35. The molecule has 0 saturated heterocycles. The average molecular weight is 197 g/mol. The Bertz CT molecular complexity index is 225. The zero-order valence-electron chi connectivity index (χ0n) is 8.78. The molecular weight excluding hydrogens is 178 g/mol. The van der Waals surface area contributed by atoms with E-state index in [1.165, 1.54) is 19.3 Å². The number of carbonyl (C=O) groups is 1. The summed E-state index contributed by atoms with van der Waals surface area (Å²) >= 11 is 0. The van der Waals surface area contributed by atoms with Crippen LogP contribution in [0.4, 0.5) is 0 Å². The van der Waals surface area contributed by atoms with Crippen LogP contribution in [0.3, 0.4) is 0 Å². The molecule has 2 unspecified atom stereocenters. The van der Waals surface area contributed by atoms with Gasteiger partial charge in [-0.1, -0.05) is 12.8 Å². The van der Waals surface area contributed by atoms with Gasteiger partial charge in [-0.3, -0.25) is 9.69 Å². The maximum atomic E-state index is 11.1. The van der Waals surface area contributed by atoms with Crippen molar-refractivity contribution in [1.82, 2.24) is 4.90 Å². The molecule has 2 aliphatic rings. The highest BCUT2D eigenvalue weighted by molar-refractivity contribution is 5.71. The van der Waals surface area contributed by atoms with Gasteiger partial charge < -0.3 is 5.11 Å². The molecule has 3 heteroatoms. The lowest BCUT2D eigenvalue weighted by Crippen LogP contribution is -2.44. The molecule has 80 valence electrons. The van der Waals surface area contributed by atoms with Crippen molar-refractivity contribution in [2.45, 2.75) is 50.6 Å². The molecule has 0 aromatic rings.